The van der Waals surface area contributed by atoms with E-state index in [0.29, 0.717) is 29.9 Å². The Morgan fingerprint density at radius 1 is 1.19 bits per heavy atom. The average molecular weight is 475 g/mol. The molecule has 0 bridgehead atoms. The number of nitrogens with one attached hydrogen (secondary N) is 1. The maximum absolute atomic E-state index is 12.7. The van der Waals surface area contributed by atoms with Gasteiger partial charge in [-0.25, -0.2) is 13.2 Å². The van der Waals surface area contributed by atoms with Crippen molar-refractivity contribution in [1.29, 1.82) is 5.26 Å². The van der Waals surface area contributed by atoms with Gasteiger partial charge in [0, 0.05) is 37.8 Å². The van der Waals surface area contributed by atoms with Crippen LogP contribution < -0.4 is 11.1 Å². The number of anilines is 1. The van der Waals surface area contributed by atoms with Crippen LogP contribution in [0.2, 0.25) is 5.02 Å². The summed E-state index contributed by atoms with van der Waals surface area (Å²) in [6.45, 7) is 0.996. The van der Waals surface area contributed by atoms with Crippen molar-refractivity contribution in [3.63, 3.8) is 0 Å². The third kappa shape index (κ3) is 4.27. The maximum atomic E-state index is 12.7. The molecule has 1 amide bonds. The van der Waals surface area contributed by atoms with Gasteiger partial charge in [-0.1, -0.05) is 11.6 Å². The van der Waals surface area contributed by atoms with Gasteiger partial charge in [-0.05, 0) is 43.2 Å². The highest BCUT2D eigenvalue weighted by atomic mass is 35.5. The first-order chi connectivity index (χ1) is 15.3. The molecule has 11 heteroatoms. The van der Waals surface area contributed by atoms with Crippen molar-refractivity contribution in [2.24, 2.45) is 0 Å². The minimum absolute atomic E-state index is 0.0278. The molecule has 4 rings (SSSR count). The van der Waals surface area contributed by atoms with Crippen LogP contribution >= 0.6 is 11.6 Å². The van der Waals surface area contributed by atoms with Gasteiger partial charge >= 0.3 is 5.76 Å². The molecule has 166 valence electrons. The molecule has 2 aromatic carbocycles. The lowest BCUT2D eigenvalue weighted by atomic mass is 10.2. The van der Waals surface area contributed by atoms with Gasteiger partial charge in [-0.2, -0.15) is 9.57 Å². The van der Waals surface area contributed by atoms with Crippen LogP contribution in [-0.2, 0) is 21.4 Å². The molecule has 3 aromatic rings. The zero-order valence-corrected chi connectivity index (χ0v) is 18.4. The highest BCUT2D eigenvalue weighted by molar-refractivity contribution is 7.89. The molecule has 0 saturated carbocycles. The molecule has 1 aliphatic heterocycles. The van der Waals surface area contributed by atoms with Crippen LogP contribution in [0.5, 0.6) is 0 Å². The molecule has 0 aliphatic carbocycles. The number of fused-ring (bicyclic) bond motifs is 1. The van der Waals surface area contributed by atoms with Gasteiger partial charge in [0.25, 0.3) is 0 Å². The molecule has 1 saturated heterocycles. The third-order valence-corrected chi connectivity index (χ3v) is 7.49. The Balaban J connectivity index is 1.49. The number of aromatic nitrogens is 1. The number of halogens is 1. The van der Waals surface area contributed by atoms with Crippen molar-refractivity contribution in [3.8, 4) is 6.07 Å². The minimum Gasteiger partial charge on any atom is -0.408 e. The summed E-state index contributed by atoms with van der Waals surface area (Å²) in [7, 11) is -3.64. The van der Waals surface area contributed by atoms with Gasteiger partial charge in [0.1, 0.15) is 6.07 Å². The smallest absolute Gasteiger partial charge is 0.408 e. The molecule has 0 atom stereocenters. The molecule has 1 aromatic heterocycles. The first-order valence-electron chi connectivity index (χ1n) is 9.92. The van der Waals surface area contributed by atoms with Crippen LogP contribution in [-0.4, -0.2) is 36.3 Å². The second kappa shape index (κ2) is 8.78. The molecule has 32 heavy (non-hydrogen) atoms. The lowest BCUT2D eigenvalue weighted by molar-refractivity contribution is -0.116. The van der Waals surface area contributed by atoms with E-state index < -0.39 is 15.8 Å². The number of benzene rings is 2. The summed E-state index contributed by atoms with van der Waals surface area (Å²) in [4.78, 5) is 24.7. The van der Waals surface area contributed by atoms with Crippen molar-refractivity contribution in [2.45, 2.75) is 30.7 Å². The molecule has 0 radical (unpaired) electrons. The van der Waals surface area contributed by atoms with Gasteiger partial charge in [0.15, 0.2) is 5.58 Å². The molecular formula is C21H19ClN4O5S. The summed E-state index contributed by atoms with van der Waals surface area (Å²) in [5.41, 5.74) is 1.28. The van der Waals surface area contributed by atoms with Gasteiger partial charge in [-0.3, -0.25) is 9.36 Å². The third-order valence-electron chi connectivity index (χ3n) is 5.28. The standard InChI is InChI=1S/C21H19ClN4O5S/c22-17-11-15(4-3-14(17)13-23)24-20(27)7-10-26-18-6-5-16(12-19(18)31-21(26)28)32(29,30)25-8-1-2-9-25/h3-6,11-12H,1-2,7-10H2,(H,24,27). The fraction of sp³-hybridized carbons (Fsp3) is 0.286. The number of rotatable bonds is 6. The molecule has 0 spiro atoms. The summed E-state index contributed by atoms with van der Waals surface area (Å²) < 4.78 is 33.4. The molecule has 1 N–H and O–H groups in total. The van der Waals surface area contributed by atoms with Crippen molar-refractivity contribution in [1.82, 2.24) is 8.87 Å². The van der Waals surface area contributed by atoms with E-state index in [-0.39, 0.29) is 34.4 Å². The summed E-state index contributed by atoms with van der Waals surface area (Å²) in [6.07, 6.45) is 1.62. The SMILES string of the molecule is N#Cc1ccc(NC(=O)CCn2c(=O)oc3cc(S(=O)(=O)N4CCCC4)ccc32)cc1Cl. The quantitative estimate of drug-likeness (QED) is 0.585. The Hall–Kier alpha value is -3.13. The largest absolute Gasteiger partial charge is 0.419 e. The lowest BCUT2D eigenvalue weighted by Crippen LogP contribution is -2.27. The van der Waals surface area contributed by atoms with E-state index >= 15 is 0 Å². The molecule has 2 heterocycles. The minimum atomic E-state index is -3.64. The van der Waals surface area contributed by atoms with Crippen molar-refractivity contribution < 1.29 is 17.6 Å². The van der Waals surface area contributed by atoms with Crippen LogP contribution in [0.25, 0.3) is 11.1 Å². The second-order valence-electron chi connectivity index (χ2n) is 7.36. The highest BCUT2D eigenvalue weighted by Gasteiger charge is 2.28. The van der Waals surface area contributed by atoms with Crippen LogP contribution in [0.3, 0.4) is 0 Å². The summed E-state index contributed by atoms with van der Waals surface area (Å²) in [6, 6.07) is 10.8. The van der Waals surface area contributed by atoms with E-state index in [1.54, 1.807) is 6.07 Å². The zero-order chi connectivity index (χ0) is 22.9. The summed E-state index contributed by atoms with van der Waals surface area (Å²) >= 11 is 5.97. The predicted molar refractivity (Wildman–Crippen MR) is 118 cm³/mol. The van der Waals surface area contributed by atoms with E-state index in [1.165, 1.54) is 39.2 Å². The van der Waals surface area contributed by atoms with Crippen molar-refractivity contribution in [3.05, 3.63) is 57.5 Å². The topological polar surface area (TPSA) is 125 Å². The van der Waals surface area contributed by atoms with Crippen LogP contribution in [0.1, 0.15) is 24.8 Å². The number of amides is 1. The first-order valence-corrected chi connectivity index (χ1v) is 11.7. The average Bonchev–Trinajstić information content (AvgIpc) is 3.40. The highest BCUT2D eigenvalue weighted by Crippen LogP contribution is 2.25. The number of nitrogens with zero attached hydrogens (tertiary/aromatic N) is 3. The molecular weight excluding hydrogens is 456 g/mol. The molecule has 0 unspecified atom stereocenters. The van der Waals surface area contributed by atoms with Crippen LogP contribution in [0.15, 0.2) is 50.5 Å². The predicted octanol–water partition coefficient (Wildman–Crippen LogP) is 2.93. The van der Waals surface area contributed by atoms with Gasteiger partial charge in [0.05, 0.1) is 21.0 Å². The molecule has 1 aliphatic rings. The monoisotopic (exact) mass is 474 g/mol. The van der Waals surface area contributed by atoms with Crippen molar-refractivity contribution >= 4 is 44.3 Å². The normalized spacial score (nSPS) is 14.5. The summed E-state index contributed by atoms with van der Waals surface area (Å²) in [5, 5.41) is 11.8. The first kappa shape index (κ1) is 22.1. The van der Waals surface area contributed by atoms with E-state index in [1.807, 2.05) is 6.07 Å². The van der Waals surface area contributed by atoms with E-state index in [4.69, 9.17) is 21.3 Å². The number of aryl methyl sites for hydroxylation is 1. The number of sulfonamides is 1. The number of hydrogen-bond acceptors (Lipinski definition) is 6. The molecule has 9 nitrogen and oxygen atoms in total. The number of carbonyl (C=O) groups is 1. The Labute approximate surface area is 188 Å². The number of carbonyl (C=O) groups excluding carboxylic acids is 1. The van der Waals surface area contributed by atoms with Gasteiger partial charge in [0.2, 0.25) is 15.9 Å². The second-order valence-corrected chi connectivity index (χ2v) is 9.71. The molecule has 1 fully saturated rings. The zero-order valence-electron chi connectivity index (χ0n) is 16.9. The Kier molecular flexibility index (Phi) is 6.06. The number of hydrogen-bond donors (Lipinski definition) is 1. The van der Waals surface area contributed by atoms with E-state index in [2.05, 4.69) is 5.32 Å². The Morgan fingerprint density at radius 2 is 1.94 bits per heavy atom. The van der Waals surface area contributed by atoms with Crippen LogP contribution in [0, 0.1) is 11.3 Å². The van der Waals surface area contributed by atoms with Gasteiger partial charge < -0.3 is 9.73 Å². The van der Waals surface area contributed by atoms with E-state index in [9.17, 15) is 18.0 Å². The van der Waals surface area contributed by atoms with Gasteiger partial charge in [-0.15, -0.1) is 0 Å². The number of oxazole rings is 1. The summed E-state index contributed by atoms with van der Waals surface area (Å²) in [5.74, 6) is -1.04. The Bertz CT molecular complexity index is 1400. The fourth-order valence-electron chi connectivity index (χ4n) is 3.62. The van der Waals surface area contributed by atoms with Crippen LogP contribution in [0.4, 0.5) is 5.69 Å². The lowest BCUT2D eigenvalue weighted by Gasteiger charge is -2.15. The fourth-order valence-corrected chi connectivity index (χ4v) is 5.37. The Morgan fingerprint density at radius 3 is 2.62 bits per heavy atom. The van der Waals surface area contributed by atoms with E-state index in [0.717, 1.165) is 12.8 Å². The van der Waals surface area contributed by atoms with Crippen molar-refractivity contribution in [2.75, 3.05) is 18.4 Å². The number of nitriles is 1. The maximum Gasteiger partial charge on any atom is 0.419 e.